The highest BCUT2D eigenvalue weighted by Gasteiger charge is 2.13. The lowest BCUT2D eigenvalue weighted by Crippen LogP contribution is -2.26. The number of anilines is 2. The summed E-state index contributed by atoms with van der Waals surface area (Å²) >= 11 is 0. The quantitative estimate of drug-likeness (QED) is 0.728. The van der Waals surface area contributed by atoms with E-state index in [2.05, 4.69) is 35.4 Å². The summed E-state index contributed by atoms with van der Waals surface area (Å²) in [6.07, 6.45) is 2.66. The molecule has 0 bridgehead atoms. The molecule has 23 heavy (non-hydrogen) atoms. The van der Waals surface area contributed by atoms with Gasteiger partial charge in [-0.05, 0) is 18.1 Å². The van der Waals surface area contributed by atoms with Crippen molar-refractivity contribution in [2.75, 3.05) is 44.1 Å². The Hall–Kier alpha value is -2.34. The van der Waals surface area contributed by atoms with Crippen LogP contribution >= 0.6 is 0 Å². The third kappa shape index (κ3) is 4.10. The number of aliphatic carboxylic acids is 1. The van der Waals surface area contributed by atoms with Crippen LogP contribution in [-0.4, -0.2) is 49.9 Å². The van der Waals surface area contributed by atoms with Gasteiger partial charge >= 0.3 is 5.97 Å². The van der Waals surface area contributed by atoms with Crippen LogP contribution in [0.25, 0.3) is 10.8 Å². The summed E-state index contributed by atoms with van der Waals surface area (Å²) in [7, 11) is 3.40. The van der Waals surface area contributed by atoms with Crippen LogP contribution in [0.4, 0.5) is 11.5 Å². The van der Waals surface area contributed by atoms with Crippen molar-refractivity contribution < 1.29 is 14.6 Å². The van der Waals surface area contributed by atoms with E-state index in [9.17, 15) is 4.79 Å². The topological polar surface area (TPSA) is 74.7 Å². The second-order valence-electron chi connectivity index (χ2n) is 5.40. The van der Waals surface area contributed by atoms with Gasteiger partial charge in [0.2, 0.25) is 0 Å². The maximum absolute atomic E-state index is 11.0. The molecule has 0 spiro atoms. The van der Waals surface area contributed by atoms with Crippen molar-refractivity contribution in [3.63, 3.8) is 0 Å². The van der Waals surface area contributed by atoms with Gasteiger partial charge in [-0.1, -0.05) is 19.1 Å². The molecule has 2 rings (SSSR count). The number of aryl methyl sites for hydroxylation is 1. The van der Waals surface area contributed by atoms with Crippen LogP contribution in [-0.2, 0) is 16.0 Å². The number of likely N-dealkylation sites (N-methyl/N-ethyl adjacent to an activating group) is 1. The Bertz CT molecular complexity index is 688. The number of benzene rings is 1. The van der Waals surface area contributed by atoms with Gasteiger partial charge in [-0.2, -0.15) is 0 Å². The molecule has 1 aromatic carbocycles. The van der Waals surface area contributed by atoms with E-state index in [1.54, 1.807) is 25.3 Å². The number of pyridine rings is 1. The van der Waals surface area contributed by atoms with Crippen molar-refractivity contribution in [2.45, 2.75) is 13.3 Å². The van der Waals surface area contributed by atoms with Crippen LogP contribution < -0.4 is 10.2 Å². The summed E-state index contributed by atoms with van der Waals surface area (Å²) in [5, 5.41) is 14.3. The number of carboxylic acid groups (broad SMARTS) is 1. The smallest absolute Gasteiger partial charge is 0.323 e. The third-order valence-electron chi connectivity index (χ3n) is 3.69. The average Bonchev–Trinajstić information content (AvgIpc) is 2.53. The largest absolute Gasteiger partial charge is 0.480 e. The lowest BCUT2D eigenvalue weighted by atomic mass is 10.0. The van der Waals surface area contributed by atoms with Crippen molar-refractivity contribution in [2.24, 2.45) is 0 Å². The maximum atomic E-state index is 11.0. The lowest BCUT2D eigenvalue weighted by molar-refractivity contribution is -0.135. The number of rotatable bonds is 8. The molecule has 0 aliphatic heterocycles. The molecule has 0 aliphatic rings. The summed E-state index contributed by atoms with van der Waals surface area (Å²) in [6, 6.07) is 6.23. The van der Waals surface area contributed by atoms with Crippen molar-refractivity contribution in [3.8, 4) is 0 Å². The highest BCUT2D eigenvalue weighted by molar-refractivity contribution is 6.01. The van der Waals surface area contributed by atoms with E-state index in [0.717, 1.165) is 22.9 Å². The first kappa shape index (κ1) is 17.0. The van der Waals surface area contributed by atoms with Gasteiger partial charge in [-0.15, -0.1) is 0 Å². The minimum absolute atomic E-state index is 0.0884. The second-order valence-corrected chi connectivity index (χ2v) is 5.40. The van der Waals surface area contributed by atoms with Crippen LogP contribution in [0.5, 0.6) is 0 Å². The maximum Gasteiger partial charge on any atom is 0.323 e. The zero-order valence-corrected chi connectivity index (χ0v) is 13.8. The molecule has 0 fully saturated rings. The van der Waals surface area contributed by atoms with Gasteiger partial charge in [0.1, 0.15) is 12.4 Å². The Balaban J connectivity index is 2.47. The van der Waals surface area contributed by atoms with Gasteiger partial charge < -0.3 is 20.1 Å². The average molecular weight is 317 g/mol. The molecular weight excluding hydrogens is 294 g/mol. The van der Waals surface area contributed by atoms with Crippen molar-refractivity contribution in [1.82, 2.24) is 4.98 Å². The van der Waals surface area contributed by atoms with Crippen LogP contribution in [0.3, 0.4) is 0 Å². The van der Waals surface area contributed by atoms with Gasteiger partial charge in [0.25, 0.3) is 0 Å². The normalized spacial score (nSPS) is 10.7. The van der Waals surface area contributed by atoms with E-state index in [4.69, 9.17) is 9.84 Å². The van der Waals surface area contributed by atoms with Crippen LogP contribution in [0, 0.1) is 0 Å². The summed E-state index contributed by atoms with van der Waals surface area (Å²) < 4.78 is 5.06. The zero-order chi connectivity index (χ0) is 16.8. The molecule has 0 amide bonds. The highest BCUT2D eigenvalue weighted by Crippen LogP contribution is 2.30. The number of carboxylic acids is 1. The molecule has 0 saturated heterocycles. The standard InChI is InChI=1S/C17H23N3O3/c1-4-12-5-6-13-14(9-12)17(20(2)11-16(21)22)19-10-15(13)18-7-8-23-3/h5-6,9-10,18H,4,7-8,11H2,1-3H3,(H,21,22). The third-order valence-corrected chi connectivity index (χ3v) is 3.69. The van der Waals surface area contributed by atoms with E-state index >= 15 is 0 Å². The number of methoxy groups -OCH3 is 1. The number of ether oxygens (including phenoxy) is 1. The van der Waals surface area contributed by atoms with E-state index in [1.807, 2.05) is 0 Å². The van der Waals surface area contributed by atoms with Crippen molar-refractivity contribution in [3.05, 3.63) is 30.0 Å². The van der Waals surface area contributed by atoms with Crippen LogP contribution in [0.2, 0.25) is 0 Å². The molecule has 6 nitrogen and oxygen atoms in total. The Labute approximate surface area is 136 Å². The minimum Gasteiger partial charge on any atom is -0.480 e. The molecule has 0 aliphatic carbocycles. The molecule has 2 N–H and O–H groups in total. The molecule has 1 heterocycles. The summed E-state index contributed by atoms with van der Waals surface area (Å²) in [4.78, 5) is 17.1. The molecule has 2 aromatic rings. The first-order valence-corrected chi connectivity index (χ1v) is 7.64. The van der Waals surface area contributed by atoms with Crippen LogP contribution in [0.1, 0.15) is 12.5 Å². The van der Waals surface area contributed by atoms with E-state index in [1.165, 1.54) is 5.56 Å². The summed E-state index contributed by atoms with van der Waals surface area (Å²) in [5.41, 5.74) is 2.12. The van der Waals surface area contributed by atoms with E-state index in [-0.39, 0.29) is 6.54 Å². The first-order chi connectivity index (χ1) is 11.1. The number of fused-ring (bicyclic) bond motifs is 1. The predicted octanol–water partition coefficient (Wildman–Crippen LogP) is 2.38. The SMILES string of the molecule is CCc1ccc2c(NCCOC)cnc(N(C)CC(=O)O)c2c1. The molecule has 0 radical (unpaired) electrons. The number of hydrogen-bond donors (Lipinski definition) is 2. The monoisotopic (exact) mass is 317 g/mol. The lowest BCUT2D eigenvalue weighted by Gasteiger charge is -2.20. The molecule has 0 saturated carbocycles. The molecule has 124 valence electrons. The molecule has 6 heteroatoms. The Morgan fingerprint density at radius 3 is 2.83 bits per heavy atom. The van der Waals surface area contributed by atoms with Gasteiger partial charge in [0, 0.05) is 31.5 Å². The van der Waals surface area contributed by atoms with Gasteiger partial charge in [0.05, 0.1) is 18.5 Å². The fourth-order valence-electron chi connectivity index (χ4n) is 2.51. The highest BCUT2D eigenvalue weighted by atomic mass is 16.5. The number of nitrogens with one attached hydrogen (secondary N) is 1. The molecule has 0 atom stereocenters. The van der Waals surface area contributed by atoms with Gasteiger partial charge in [-0.3, -0.25) is 4.79 Å². The fraction of sp³-hybridized carbons (Fsp3) is 0.412. The van der Waals surface area contributed by atoms with Crippen LogP contribution in [0.15, 0.2) is 24.4 Å². The number of aromatic nitrogens is 1. The number of carbonyl (C=O) groups is 1. The fourth-order valence-corrected chi connectivity index (χ4v) is 2.51. The Morgan fingerprint density at radius 1 is 1.39 bits per heavy atom. The molecule has 1 aromatic heterocycles. The summed E-state index contributed by atoms with van der Waals surface area (Å²) in [5.74, 6) is -0.202. The van der Waals surface area contributed by atoms with E-state index in [0.29, 0.717) is 19.0 Å². The zero-order valence-electron chi connectivity index (χ0n) is 13.8. The van der Waals surface area contributed by atoms with Crippen molar-refractivity contribution in [1.29, 1.82) is 0 Å². The number of nitrogens with zero attached hydrogens (tertiary/aromatic N) is 2. The molecule has 0 unspecified atom stereocenters. The second kappa shape index (κ2) is 7.78. The minimum atomic E-state index is -0.878. The van der Waals surface area contributed by atoms with E-state index < -0.39 is 5.97 Å². The summed E-state index contributed by atoms with van der Waals surface area (Å²) in [6.45, 7) is 3.30. The van der Waals surface area contributed by atoms with Gasteiger partial charge in [0.15, 0.2) is 0 Å². The van der Waals surface area contributed by atoms with Crippen molar-refractivity contribution >= 4 is 28.2 Å². The number of hydrogen-bond acceptors (Lipinski definition) is 5. The Morgan fingerprint density at radius 2 is 2.17 bits per heavy atom. The first-order valence-electron chi connectivity index (χ1n) is 7.64. The Kier molecular flexibility index (Phi) is 5.76. The predicted molar refractivity (Wildman–Crippen MR) is 92.4 cm³/mol. The molecular formula is C17H23N3O3. The van der Waals surface area contributed by atoms with Gasteiger partial charge in [-0.25, -0.2) is 4.98 Å².